The summed E-state index contributed by atoms with van der Waals surface area (Å²) in [6, 6.07) is 5.08. The van der Waals surface area contributed by atoms with E-state index in [4.69, 9.17) is 23.2 Å². The summed E-state index contributed by atoms with van der Waals surface area (Å²) in [6.45, 7) is 7.69. The number of hydrogen-bond acceptors (Lipinski definition) is 4. The number of nitrogens with one attached hydrogen (secondary N) is 3. The van der Waals surface area contributed by atoms with Gasteiger partial charge >= 0.3 is 0 Å². The molecule has 2 fully saturated rings. The summed E-state index contributed by atoms with van der Waals surface area (Å²) in [7, 11) is 0. The second-order valence-corrected chi connectivity index (χ2v) is 13.1. The molecule has 1 saturated heterocycles. The second-order valence-electron chi connectivity index (χ2n) is 12.3. The number of rotatable bonds is 4. The minimum atomic E-state index is -1.54. The molecule has 0 unspecified atom stereocenters. The Morgan fingerprint density at radius 1 is 1.18 bits per heavy atom. The van der Waals surface area contributed by atoms with Crippen LogP contribution in [0.15, 0.2) is 30.3 Å². The van der Waals surface area contributed by atoms with Gasteiger partial charge in [-0.05, 0) is 60.9 Å². The molecule has 2 aliphatic heterocycles. The average molecular weight is 566 g/mol. The summed E-state index contributed by atoms with van der Waals surface area (Å²) in [6.07, 6.45) is 1.18. The fourth-order valence-corrected chi connectivity index (χ4v) is 6.90. The van der Waals surface area contributed by atoms with Gasteiger partial charge in [-0.1, -0.05) is 56.1 Å². The van der Waals surface area contributed by atoms with E-state index >= 15 is 4.39 Å². The molecular weight excluding hydrogens is 535 g/mol. The normalized spacial score (nSPS) is 32.2. The SMILES string of the molecule is CC(C)(C)C[C@H]1N[C@@H](C(=O)N[C@H]2C[C@](C)(O)C2)[C@H](c2cccc(Cl)c2F)[C@@]12C(=O)Nc1cc(Cl)c(F)cc12. The van der Waals surface area contributed by atoms with Crippen LogP contribution in [0.2, 0.25) is 10.0 Å². The van der Waals surface area contributed by atoms with Crippen molar-refractivity contribution in [3.05, 3.63) is 63.1 Å². The number of aliphatic hydroxyl groups is 1. The molecular formula is C28H31Cl2F2N3O3. The fraction of sp³-hybridized carbons (Fsp3) is 0.500. The summed E-state index contributed by atoms with van der Waals surface area (Å²) in [4.78, 5) is 27.9. The maximum atomic E-state index is 15.7. The molecule has 2 aromatic rings. The van der Waals surface area contributed by atoms with Crippen LogP contribution < -0.4 is 16.0 Å². The number of amides is 2. The van der Waals surface area contributed by atoms with E-state index in [1.54, 1.807) is 13.0 Å². The maximum Gasteiger partial charge on any atom is 0.238 e. The molecule has 3 aliphatic rings. The van der Waals surface area contributed by atoms with Crippen LogP contribution in [-0.2, 0) is 15.0 Å². The molecule has 0 radical (unpaired) electrons. The quantitative estimate of drug-likeness (QED) is 0.417. The third-order valence-corrected chi connectivity index (χ3v) is 8.60. The van der Waals surface area contributed by atoms with Crippen molar-refractivity contribution < 1.29 is 23.5 Å². The molecule has 0 aromatic heterocycles. The predicted octanol–water partition coefficient (Wildman–Crippen LogP) is 5.05. The van der Waals surface area contributed by atoms with Crippen LogP contribution in [-0.4, -0.2) is 40.6 Å². The fourth-order valence-electron chi connectivity index (χ4n) is 6.56. The maximum absolute atomic E-state index is 15.7. The highest BCUT2D eigenvalue weighted by Crippen LogP contribution is 2.57. The van der Waals surface area contributed by atoms with Crippen LogP contribution in [0.3, 0.4) is 0 Å². The minimum Gasteiger partial charge on any atom is -0.390 e. The molecule has 2 amide bonds. The first-order valence-corrected chi connectivity index (χ1v) is 13.4. The van der Waals surface area contributed by atoms with E-state index in [2.05, 4.69) is 16.0 Å². The molecule has 0 bridgehead atoms. The predicted molar refractivity (Wildman–Crippen MR) is 142 cm³/mol. The third kappa shape index (κ3) is 4.39. The van der Waals surface area contributed by atoms with Crippen molar-refractivity contribution in [2.45, 2.75) is 82.0 Å². The van der Waals surface area contributed by atoms with E-state index in [9.17, 15) is 19.1 Å². The Morgan fingerprint density at radius 2 is 1.87 bits per heavy atom. The molecule has 5 rings (SSSR count). The van der Waals surface area contributed by atoms with Crippen LogP contribution in [0, 0.1) is 17.0 Å². The first-order valence-electron chi connectivity index (χ1n) is 12.7. The Kier molecular flexibility index (Phi) is 6.58. The first-order chi connectivity index (χ1) is 17.6. The van der Waals surface area contributed by atoms with Crippen molar-refractivity contribution in [1.82, 2.24) is 10.6 Å². The van der Waals surface area contributed by atoms with Crippen LogP contribution in [0.1, 0.15) is 64.0 Å². The molecule has 10 heteroatoms. The van der Waals surface area contributed by atoms with E-state index in [0.717, 1.165) is 0 Å². The topological polar surface area (TPSA) is 90.5 Å². The van der Waals surface area contributed by atoms with Crippen molar-refractivity contribution in [2.24, 2.45) is 5.41 Å². The molecule has 2 heterocycles. The second kappa shape index (κ2) is 9.15. The Balaban J connectivity index is 1.71. The highest BCUT2D eigenvalue weighted by Gasteiger charge is 2.66. The van der Waals surface area contributed by atoms with Gasteiger partial charge in [0.25, 0.3) is 0 Å². The lowest BCUT2D eigenvalue weighted by molar-refractivity contribution is -0.127. The van der Waals surface area contributed by atoms with E-state index in [1.807, 2.05) is 20.8 Å². The lowest BCUT2D eigenvalue weighted by Gasteiger charge is -2.42. The van der Waals surface area contributed by atoms with Gasteiger partial charge in [0, 0.05) is 23.7 Å². The lowest BCUT2D eigenvalue weighted by atomic mass is 9.62. The Bertz CT molecular complexity index is 1320. The van der Waals surface area contributed by atoms with E-state index < -0.39 is 52.5 Å². The zero-order valence-electron chi connectivity index (χ0n) is 21.6. The summed E-state index contributed by atoms with van der Waals surface area (Å²) >= 11 is 12.2. The van der Waals surface area contributed by atoms with Crippen LogP contribution >= 0.6 is 23.2 Å². The van der Waals surface area contributed by atoms with Crippen molar-refractivity contribution in [3.8, 4) is 0 Å². The molecule has 204 valence electrons. The zero-order valence-corrected chi connectivity index (χ0v) is 23.1. The highest BCUT2D eigenvalue weighted by atomic mass is 35.5. The number of halogens is 4. The van der Waals surface area contributed by atoms with E-state index in [1.165, 1.54) is 24.3 Å². The smallest absolute Gasteiger partial charge is 0.238 e. The number of fused-ring (bicyclic) bond motifs is 2. The third-order valence-electron chi connectivity index (χ3n) is 8.02. The molecule has 2 aromatic carbocycles. The van der Waals surface area contributed by atoms with Gasteiger partial charge in [0.1, 0.15) is 17.0 Å². The van der Waals surface area contributed by atoms with Gasteiger partial charge in [-0.3, -0.25) is 9.59 Å². The molecule has 1 spiro atoms. The van der Waals surface area contributed by atoms with Crippen molar-refractivity contribution in [1.29, 1.82) is 0 Å². The summed E-state index contributed by atoms with van der Waals surface area (Å²) in [5, 5.41) is 19.0. The summed E-state index contributed by atoms with van der Waals surface area (Å²) in [5.74, 6) is -3.41. The van der Waals surface area contributed by atoms with E-state index in [-0.39, 0.29) is 27.1 Å². The number of hydrogen-bond donors (Lipinski definition) is 4. The summed E-state index contributed by atoms with van der Waals surface area (Å²) < 4.78 is 30.7. The molecule has 4 atom stereocenters. The number of benzene rings is 2. The lowest BCUT2D eigenvalue weighted by Crippen LogP contribution is -2.57. The minimum absolute atomic E-state index is 0.0838. The van der Waals surface area contributed by atoms with Gasteiger partial charge in [0.2, 0.25) is 11.8 Å². The average Bonchev–Trinajstić information content (AvgIpc) is 3.24. The van der Waals surface area contributed by atoms with Gasteiger partial charge in [0.15, 0.2) is 0 Å². The number of carbonyl (C=O) groups is 2. The van der Waals surface area contributed by atoms with Crippen molar-refractivity contribution >= 4 is 40.7 Å². The first kappa shape index (κ1) is 27.3. The van der Waals surface area contributed by atoms with Crippen LogP contribution in [0.4, 0.5) is 14.5 Å². The summed E-state index contributed by atoms with van der Waals surface area (Å²) in [5.41, 5.74) is -1.99. The molecule has 1 saturated carbocycles. The monoisotopic (exact) mass is 565 g/mol. The highest BCUT2D eigenvalue weighted by molar-refractivity contribution is 6.31. The zero-order chi connectivity index (χ0) is 27.8. The number of carbonyl (C=O) groups excluding carboxylic acids is 2. The Morgan fingerprint density at radius 3 is 2.50 bits per heavy atom. The largest absolute Gasteiger partial charge is 0.390 e. The van der Waals surface area contributed by atoms with Crippen LogP contribution in [0.25, 0.3) is 0 Å². The number of anilines is 1. The Labute approximate surface area is 230 Å². The van der Waals surface area contributed by atoms with Crippen molar-refractivity contribution in [3.63, 3.8) is 0 Å². The van der Waals surface area contributed by atoms with Gasteiger partial charge < -0.3 is 21.1 Å². The van der Waals surface area contributed by atoms with E-state index in [0.29, 0.717) is 30.5 Å². The van der Waals surface area contributed by atoms with Crippen molar-refractivity contribution in [2.75, 3.05) is 5.32 Å². The molecule has 4 N–H and O–H groups in total. The molecule has 38 heavy (non-hydrogen) atoms. The van der Waals surface area contributed by atoms with Gasteiger partial charge in [0.05, 0.1) is 21.7 Å². The van der Waals surface area contributed by atoms with Crippen LogP contribution in [0.5, 0.6) is 0 Å². The molecule has 1 aliphatic carbocycles. The van der Waals surface area contributed by atoms with Gasteiger partial charge in [-0.15, -0.1) is 0 Å². The van der Waals surface area contributed by atoms with Gasteiger partial charge in [-0.2, -0.15) is 0 Å². The Hall–Kier alpha value is -2.26. The standard InChI is InChI=1S/C28H31Cl2F2N3O3/c1-26(2,3)12-20-28(15-8-18(31)17(30)9-19(15)34-25(28)37)21(14-6-5-7-16(29)22(14)32)23(35-20)24(36)33-13-10-27(4,38)11-13/h5-9,13,20-21,23,35,38H,10-12H2,1-4H3,(H,33,36)(H,34,37)/t13-,20-,21+,23-,27-,28+/m1/s1. The van der Waals surface area contributed by atoms with Gasteiger partial charge in [-0.25, -0.2) is 8.78 Å². The molecule has 6 nitrogen and oxygen atoms in total.